The fraction of sp³-hybridized carbons (Fsp3) is 0.409. The molecular weight excluding hydrogens is 340 g/mol. The van der Waals surface area contributed by atoms with E-state index in [1.54, 1.807) is 6.92 Å². The molecule has 0 spiro atoms. The van der Waals surface area contributed by atoms with Crippen LogP contribution in [0.4, 0.5) is 0 Å². The van der Waals surface area contributed by atoms with E-state index in [9.17, 15) is 10.1 Å². The topological polar surface area (TPSA) is 56.6 Å². The molecule has 1 aliphatic carbocycles. The number of pyridine rings is 1. The summed E-state index contributed by atoms with van der Waals surface area (Å²) in [4.78, 5) is 14.9. The van der Waals surface area contributed by atoms with Gasteiger partial charge in [0.15, 0.2) is 5.78 Å². The molecule has 1 aliphatic rings. The number of nitrogens with one attached hydrogen (secondary N) is 1. The first-order valence-electron chi connectivity index (χ1n) is 9.41. The average molecular weight is 365 g/mol. The summed E-state index contributed by atoms with van der Waals surface area (Å²) in [6.45, 7) is 1.58. The van der Waals surface area contributed by atoms with Crippen LogP contribution >= 0.6 is 12.2 Å². The standard InChI is InChI=1S/C22H24N2OS/c1-15(25)16-10-12-17(13-11-16)21-19-9-7-5-3-2-4-6-8-18(19)20(14-23)22(26)24-21/h10-13H,2-9H2,1H3,(H,24,26). The molecule has 1 aromatic heterocycles. The van der Waals surface area contributed by atoms with Gasteiger partial charge in [-0.2, -0.15) is 5.26 Å². The third-order valence-electron chi connectivity index (χ3n) is 5.23. The van der Waals surface area contributed by atoms with Crippen LogP contribution in [-0.2, 0) is 12.8 Å². The highest BCUT2D eigenvalue weighted by molar-refractivity contribution is 7.71. The molecule has 0 fully saturated rings. The Morgan fingerprint density at radius 2 is 1.58 bits per heavy atom. The van der Waals surface area contributed by atoms with Crippen LogP contribution < -0.4 is 0 Å². The fourth-order valence-electron chi connectivity index (χ4n) is 3.79. The van der Waals surface area contributed by atoms with E-state index in [1.165, 1.54) is 31.2 Å². The molecular formula is C22H24N2OS. The van der Waals surface area contributed by atoms with Gasteiger partial charge in [0.2, 0.25) is 0 Å². The smallest absolute Gasteiger partial charge is 0.159 e. The average Bonchev–Trinajstić information content (AvgIpc) is 2.65. The number of H-pyrrole nitrogens is 1. The zero-order valence-corrected chi connectivity index (χ0v) is 16.0. The van der Waals surface area contributed by atoms with Crippen molar-refractivity contribution in [1.29, 1.82) is 5.26 Å². The van der Waals surface area contributed by atoms with Crippen LogP contribution in [0, 0.1) is 16.0 Å². The predicted octanol–water partition coefficient (Wildman–Crippen LogP) is 5.92. The van der Waals surface area contributed by atoms with E-state index < -0.39 is 0 Å². The zero-order chi connectivity index (χ0) is 18.5. The lowest BCUT2D eigenvalue weighted by Gasteiger charge is -2.18. The molecule has 0 atom stereocenters. The van der Waals surface area contributed by atoms with Crippen molar-refractivity contribution in [3.63, 3.8) is 0 Å². The number of Topliss-reactive ketones (excluding diaryl/α,β-unsaturated/α-hetero) is 1. The van der Waals surface area contributed by atoms with Crippen LogP contribution in [-0.4, -0.2) is 10.8 Å². The number of aromatic amines is 1. The minimum Gasteiger partial charge on any atom is -0.345 e. The molecule has 1 aromatic carbocycles. The van der Waals surface area contributed by atoms with Gasteiger partial charge in [0.25, 0.3) is 0 Å². The maximum atomic E-state index is 11.6. The van der Waals surface area contributed by atoms with Gasteiger partial charge >= 0.3 is 0 Å². The normalized spacial score (nSPS) is 14.9. The number of nitriles is 1. The Balaban J connectivity index is 2.15. The molecule has 26 heavy (non-hydrogen) atoms. The minimum absolute atomic E-state index is 0.0624. The SMILES string of the molecule is CC(=O)c1ccc(-c2[nH]c(=S)c(C#N)c3c2CCCCCCCC3)cc1. The summed E-state index contributed by atoms with van der Waals surface area (Å²) in [7, 11) is 0. The van der Waals surface area contributed by atoms with Crippen LogP contribution in [0.15, 0.2) is 24.3 Å². The summed E-state index contributed by atoms with van der Waals surface area (Å²) >= 11 is 5.50. The Morgan fingerprint density at radius 1 is 1.00 bits per heavy atom. The van der Waals surface area contributed by atoms with Crippen molar-refractivity contribution in [2.75, 3.05) is 0 Å². The van der Waals surface area contributed by atoms with Crippen LogP contribution in [0.5, 0.6) is 0 Å². The van der Waals surface area contributed by atoms with E-state index in [0.717, 1.165) is 42.5 Å². The number of fused-ring (bicyclic) bond motifs is 1. The zero-order valence-electron chi connectivity index (χ0n) is 15.2. The van der Waals surface area contributed by atoms with Crippen molar-refractivity contribution in [3.05, 3.63) is 51.2 Å². The Morgan fingerprint density at radius 3 is 2.15 bits per heavy atom. The summed E-state index contributed by atoms with van der Waals surface area (Å²) < 4.78 is 0.522. The van der Waals surface area contributed by atoms with Gasteiger partial charge in [-0.3, -0.25) is 4.79 Å². The fourth-order valence-corrected chi connectivity index (χ4v) is 4.06. The number of rotatable bonds is 2. The maximum absolute atomic E-state index is 11.6. The first-order valence-corrected chi connectivity index (χ1v) is 9.82. The van der Waals surface area contributed by atoms with E-state index in [1.807, 2.05) is 24.3 Å². The van der Waals surface area contributed by atoms with Crippen molar-refractivity contribution in [3.8, 4) is 17.3 Å². The van der Waals surface area contributed by atoms with E-state index in [4.69, 9.17) is 12.2 Å². The molecule has 3 nitrogen and oxygen atoms in total. The number of hydrogen-bond donors (Lipinski definition) is 1. The molecule has 0 saturated heterocycles. The Hall–Kier alpha value is -2.25. The number of benzene rings is 1. The van der Waals surface area contributed by atoms with Crippen molar-refractivity contribution in [2.24, 2.45) is 0 Å². The van der Waals surface area contributed by atoms with Gasteiger partial charge in [-0.1, -0.05) is 62.2 Å². The number of aromatic nitrogens is 1. The van der Waals surface area contributed by atoms with Gasteiger partial charge in [0, 0.05) is 11.3 Å². The monoisotopic (exact) mass is 364 g/mol. The lowest BCUT2D eigenvalue weighted by molar-refractivity contribution is 0.101. The number of nitrogens with zero attached hydrogens (tertiary/aromatic N) is 1. The van der Waals surface area contributed by atoms with Gasteiger partial charge in [-0.15, -0.1) is 0 Å². The Labute approximate surface area is 160 Å². The number of carbonyl (C=O) groups is 1. The highest BCUT2D eigenvalue weighted by Gasteiger charge is 2.17. The number of ketones is 1. The van der Waals surface area contributed by atoms with Crippen LogP contribution in [0.2, 0.25) is 0 Å². The summed E-state index contributed by atoms with van der Waals surface area (Å²) in [6, 6.07) is 10.0. The highest BCUT2D eigenvalue weighted by atomic mass is 32.1. The van der Waals surface area contributed by atoms with Gasteiger partial charge < -0.3 is 4.98 Å². The third kappa shape index (κ3) is 3.94. The molecule has 2 aromatic rings. The quantitative estimate of drug-likeness (QED) is 0.531. The second kappa shape index (κ2) is 8.42. The lowest BCUT2D eigenvalue weighted by atomic mass is 9.89. The lowest BCUT2D eigenvalue weighted by Crippen LogP contribution is -2.07. The second-order valence-electron chi connectivity index (χ2n) is 7.03. The Bertz CT molecular complexity index is 903. The molecule has 0 amide bonds. The van der Waals surface area contributed by atoms with Crippen molar-refractivity contribution in [2.45, 2.75) is 58.3 Å². The van der Waals surface area contributed by atoms with Crippen molar-refractivity contribution in [1.82, 2.24) is 4.98 Å². The molecule has 0 unspecified atom stereocenters. The minimum atomic E-state index is 0.0624. The summed E-state index contributed by atoms with van der Waals surface area (Å²) in [5.74, 6) is 0.0624. The summed E-state index contributed by atoms with van der Waals surface area (Å²) in [5.41, 5.74) is 5.74. The molecule has 134 valence electrons. The molecule has 0 radical (unpaired) electrons. The van der Waals surface area contributed by atoms with Gasteiger partial charge in [0.05, 0.1) is 5.56 Å². The van der Waals surface area contributed by atoms with E-state index >= 15 is 0 Å². The number of carbonyl (C=O) groups excluding carboxylic acids is 1. The second-order valence-corrected chi connectivity index (χ2v) is 7.44. The highest BCUT2D eigenvalue weighted by Crippen LogP contribution is 2.31. The van der Waals surface area contributed by atoms with Gasteiger partial charge in [-0.05, 0) is 49.3 Å². The summed E-state index contributed by atoms with van der Waals surface area (Å²) in [5, 5.41) is 9.65. The largest absolute Gasteiger partial charge is 0.345 e. The first-order chi connectivity index (χ1) is 12.6. The third-order valence-corrected chi connectivity index (χ3v) is 5.54. The van der Waals surface area contributed by atoms with Crippen molar-refractivity contribution < 1.29 is 4.79 Å². The molecule has 0 saturated carbocycles. The van der Waals surface area contributed by atoms with Crippen LogP contribution in [0.3, 0.4) is 0 Å². The molecule has 4 heteroatoms. The first kappa shape index (κ1) is 18.5. The number of hydrogen-bond acceptors (Lipinski definition) is 3. The molecule has 1 heterocycles. The molecule has 0 aliphatic heterocycles. The maximum Gasteiger partial charge on any atom is 0.159 e. The van der Waals surface area contributed by atoms with E-state index in [0.29, 0.717) is 15.8 Å². The van der Waals surface area contributed by atoms with E-state index in [-0.39, 0.29) is 5.78 Å². The van der Waals surface area contributed by atoms with Crippen LogP contribution in [0.1, 0.15) is 72.5 Å². The molecule has 1 N–H and O–H groups in total. The van der Waals surface area contributed by atoms with Crippen molar-refractivity contribution >= 4 is 18.0 Å². The van der Waals surface area contributed by atoms with Gasteiger partial charge in [0.1, 0.15) is 10.7 Å². The van der Waals surface area contributed by atoms with E-state index in [2.05, 4.69) is 11.1 Å². The Kier molecular flexibility index (Phi) is 6.00. The summed E-state index contributed by atoms with van der Waals surface area (Å²) in [6.07, 6.45) is 9.08. The van der Waals surface area contributed by atoms with Crippen LogP contribution in [0.25, 0.3) is 11.3 Å². The molecule has 3 rings (SSSR count). The predicted molar refractivity (Wildman–Crippen MR) is 107 cm³/mol. The molecule has 0 bridgehead atoms. The van der Waals surface area contributed by atoms with Gasteiger partial charge in [-0.25, -0.2) is 0 Å².